The van der Waals surface area contributed by atoms with Crippen LogP contribution >= 0.6 is 0 Å². The fraction of sp³-hybridized carbons (Fsp3) is 0.231. The van der Waals surface area contributed by atoms with Gasteiger partial charge in [-0.1, -0.05) is 12.1 Å². The van der Waals surface area contributed by atoms with Crippen molar-refractivity contribution in [3.63, 3.8) is 0 Å². The molecule has 0 aliphatic rings. The van der Waals surface area contributed by atoms with E-state index < -0.39 is 10.9 Å². The number of para-hydroxylation sites is 1. The minimum Gasteiger partial charge on any atom is -0.463 e. The Labute approximate surface area is 119 Å². The molecule has 0 amide bonds. The van der Waals surface area contributed by atoms with E-state index in [2.05, 4.69) is 9.72 Å². The molecule has 2 aromatic rings. The van der Waals surface area contributed by atoms with E-state index in [1.807, 2.05) is 0 Å². The van der Waals surface area contributed by atoms with E-state index in [0.29, 0.717) is 0 Å². The highest BCUT2D eigenvalue weighted by Gasteiger charge is 2.25. The minimum absolute atomic E-state index is 0.0224. The molecule has 0 aliphatic carbocycles. The molecule has 0 atom stereocenters. The zero-order valence-corrected chi connectivity index (χ0v) is 11.4. The molecule has 0 saturated carbocycles. The van der Waals surface area contributed by atoms with Gasteiger partial charge in [-0.25, -0.2) is 9.78 Å². The normalized spacial score (nSPS) is 10.4. The van der Waals surface area contributed by atoms with Crippen molar-refractivity contribution in [1.29, 1.82) is 0 Å². The number of hydrogen-bond donors (Lipinski definition) is 0. The predicted molar refractivity (Wildman–Crippen MR) is 70.6 cm³/mol. The van der Waals surface area contributed by atoms with Crippen molar-refractivity contribution >= 4 is 11.7 Å². The molecule has 0 fully saturated rings. The van der Waals surface area contributed by atoms with E-state index in [-0.39, 0.29) is 35.2 Å². The van der Waals surface area contributed by atoms with E-state index in [1.54, 1.807) is 6.07 Å². The third kappa shape index (κ3) is 2.90. The van der Waals surface area contributed by atoms with Crippen LogP contribution in [0.4, 0.5) is 5.69 Å². The van der Waals surface area contributed by atoms with Gasteiger partial charge in [0.15, 0.2) is 0 Å². The number of nitrogens with zero attached hydrogens (tertiary/aromatic N) is 2. The van der Waals surface area contributed by atoms with Crippen molar-refractivity contribution in [3.8, 4) is 11.5 Å². The van der Waals surface area contributed by atoms with Gasteiger partial charge in [0.1, 0.15) is 11.3 Å². The summed E-state index contributed by atoms with van der Waals surface area (Å²) in [5.41, 5.74) is 0.228. The van der Waals surface area contributed by atoms with E-state index in [4.69, 9.17) is 9.15 Å². The van der Waals surface area contributed by atoms with Crippen LogP contribution in [0.1, 0.15) is 16.2 Å². The lowest BCUT2D eigenvalue weighted by atomic mass is 10.2. The summed E-state index contributed by atoms with van der Waals surface area (Å²) in [6, 6.07) is 5.96. The number of esters is 1. The molecule has 0 spiro atoms. The highest BCUT2D eigenvalue weighted by atomic mass is 16.6. The number of aromatic nitrogens is 1. The SMILES string of the molecule is COCc1nc(-c2ccccc2[N+](=O)[O-])oc1C(=O)OC. The predicted octanol–water partition coefficient (Wildman–Crippen LogP) is 2.18. The van der Waals surface area contributed by atoms with Crippen LogP contribution in [0.15, 0.2) is 28.7 Å². The zero-order chi connectivity index (χ0) is 15.4. The van der Waals surface area contributed by atoms with Gasteiger partial charge in [0.2, 0.25) is 11.7 Å². The van der Waals surface area contributed by atoms with Gasteiger partial charge in [0.25, 0.3) is 5.69 Å². The Morgan fingerprint density at radius 1 is 1.38 bits per heavy atom. The molecular weight excluding hydrogens is 280 g/mol. The van der Waals surface area contributed by atoms with E-state index >= 15 is 0 Å². The molecule has 2 rings (SSSR count). The molecule has 21 heavy (non-hydrogen) atoms. The van der Waals surface area contributed by atoms with Gasteiger partial charge >= 0.3 is 5.97 Å². The number of carbonyl (C=O) groups excluding carboxylic acids is 1. The van der Waals surface area contributed by atoms with Crippen LogP contribution in [0.5, 0.6) is 0 Å². The maximum Gasteiger partial charge on any atom is 0.376 e. The maximum absolute atomic E-state index is 11.6. The Morgan fingerprint density at radius 2 is 2.10 bits per heavy atom. The highest BCUT2D eigenvalue weighted by molar-refractivity contribution is 5.88. The number of oxazole rings is 1. The number of nitro groups is 1. The summed E-state index contributed by atoms with van der Waals surface area (Å²) in [6.45, 7) is 0.0224. The Morgan fingerprint density at radius 3 is 2.71 bits per heavy atom. The van der Waals surface area contributed by atoms with Crippen LogP contribution in [0.2, 0.25) is 0 Å². The van der Waals surface area contributed by atoms with E-state index in [9.17, 15) is 14.9 Å². The Kier molecular flexibility index (Phi) is 4.29. The van der Waals surface area contributed by atoms with Gasteiger partial charge in [0, 0.05) is 13.2 Å². The number of methoxy groups -OCH3 is 2. The number of benzene rings is 1. The van der Waals surface area contributed by atoms with Crippen LogP contribution in [0.3, 0.4) is 0 Å². The summed E-state index contributed by atoms with van der Waals surface area (Å²) >= 11 is 0. The first-order chi connectivity index (χ1) is 10.1. The summed E-state index contributed by atoms with van der Waals surface area (Å²) < 4.78 is 14.8. The second-order valence-electron chi connectivity index (χ2n) is 3.99. The molecule has 0 unspecified atom stereocenters. The fourth-order valence-corrected chi connectivity index (χ4v) is 1.77. The Hall–Kier alpha value is -2.74. The number of hydrogen-bond acceptors (Lipinski definition) is 7. The Bertz CT molecular complexity index is 679. The molecule has 8 nitrogen and oxygen atoms in total. The monoisotopic (exact) mass is 292 g/mol. The van der Waals surface area contributed by atoms with Crippen LogP contribution in [-0.2, 0) is 16.1 Å². The van der Waals surface area contributed by atoms with Gasteiger partial charge < -0.3 is 13.9 Å². The van der Waals surface area contributed by atoms with Crippen molar-refractivity contribution in [1.82, 2.24) is 4.98 Å². The summed E-state index contributed by atoms with van der Waals surface area (Å²) in [6.07, 6.45) is 0. The Balaban J connectivity index is 2.55. The third-order valence-electron chi connectivity index (χ3n) is 2.68. The summed E-state index contributed by atoms with van der Waals surface area (Å²) in [4.78, 5) is 26.2. The first-order valence-corrected chi connectivity index (χ1v) is 5.89. The third-order valence-corrected chi connectivity index (χ3v) is 2.68. The molecule has 0 saturated heterocycles. The van der Waals surface area contributed by atoms with E-state index in [1.165, 1.54) is 32.4 Å². The van der Waals surface area contributed by atoms with Crippen LogP contribution in [0.25, 0.3) is 11.5 Å². The summed E-state index contributed by atoms with van der Waals surface area (Å²) in [5.74, 6) is -0.887. The van der Waals surface area contributed by atoms with Gasteiger partial charge in [-0.15, -0.1) is 0 Å². The molecule has 0 N–H and O–H groups in total. The molecule has 1 aromatic heterocycles. The largest absolute Gasteiger partial charge is 0.463 e. The second-order valence-corrected chi connectivity index (χ2v) is 3.99. The average Bonchev–Trinajstić information content (AvgIpc) is 2.90. The van der Waals surface area contributed by atoms with Gasteiger partial charge in [-0.05, 0) is 6.07 Å². The van der Waals surface area contributed by atoms with Gasteiger partial charge in [-0.3, -0.25) is 10.1 Å². The lowest BCUT2D eigenvalue weighted by molar-refractivity contribution is -0.384. The van der Waals surface area contributed by atoms with Crippen LogP contribution in [0, 0.1) is 10.1 Å². The van der Waals surface area contributed by atoms with Gasteiger partial charge in [0.05, 0.1) is 18.6 Å². The van der Waals surface area contributed by atoms with Crippen molar-refractivity contribution in [2.45, 2.75) is 6.61 Å². The zero-order valence-electron chi connectivity index (χ0n) is 11.4. The lowest BCUT2D eigenvalue weighted by Gasteiger charge is -1.97. The molecule has 1 heterocycles. The van der Waals surface area contributed by atoms with Crippen molar-refractivity contribution < 1.29 is 23.6 Å². The van der Waals surface area contributed by atoms with Crippen molar-refractivity contribution in [3.05, 3.63) is 45.8 Å². The number of rotatable bonds is 5. The molecule has 8 heteroatoms. The standard InChI is InChI=1S/C13H12N2O6/c1-19-7-9-11(13(16)20-2)21-12(14-9)8-5-3-4-6-10(8)15(17)18/h3-6H,7H2,1-2H3. The molecule has 1 aromatic carbocycles. The van der Waals surface area contributed by atoms with Crippen LogP contribution in [-0.4, -0.2) is 30.1 Å². The van der Waals surface area contributed by atoms with Crippen molar-refractivity contribution in [2.75, 3.05) is 14.2 Å². The molecular formula is C13H12N2O6. The second kappa shape index (κ2) is 6.14. The topological polar surface area (TPSA) is 105 Å². The smallest absolute Gasteiger partial charge is 0.376 e. The highest BCUT2D eigenvalue weighted by Crippen LogP contribution is 2.30. The first kappa shape index (κ1) is 14.7. The maximum atomic E-state index is 11.6. The fourth-order valence-electron chi connectivity index (χ4n) is 1.77. The molecule has 0 bridgehead atoms. The minimum atomic E-state index is -0.723. The lowest BCUT2D eigenvalue weighted by Crippen LogP contribution is -2.04. The molecule has 110 valence electrons. The molecule has 0 radical (unpaired) electrons. The molecule has 0 aliphatic heterocycles. The average molecular weight is 292 g/mol. The van der Waals surface area contributed by atoms with Crippen LogP contribution < -0.4 is 0 Å². The first-order valence-electron chi connectivity index (χ1n) is 5.89. The number of ether oxygens (including phenoxy) is 2. The van der Waals surface area contributed by atoms with E-state index in [0.717, 1.165) is 0 Å². The number of carbonyl (C=O) groups is 1. The summed E-state index contributed by atoms with van der Waals surface area (Å²) in [7, 11) is 2.63. The van der Waals surface area contributed by atoms with Gasteiger partial charge in [-0.2, -0.15) is 0 Å². The summed E-state index contributed by atoms with van der Waals surface area (Å²) in [5, 5.41) is 11.0. The quantitative estimate of drug-likeness (QED) is 0.472. The number of nitro benzene ring substituents is 1. The van der Waals surface area contributed by atoms with Crippen molar-refractivity contribution in [2.24, 2.45) is 0 Å².